The van der Waals surface area contributed by atoms with Crippen molar-refractivity contribution in [2.75, 3.05) is 6.54 Å². The fourth-order valence-electron chi connectivity index (χ4n) is 2.19. The molecule has 0 aliphatic heterocycles. The van der Waals surface area contributed by atoms with Crippen LogP contribution >= 0.6 is 0 Å². The summed E-state index contributed by atoms with van der Waals surface area (Å²) in [4.78, 5) is 35.7. The molecule has 3 amide bonds. The molecule has 0 spiro atoms. The lowest BCUT2D eigenvalue weighted by Gasteiger charge is -2.15. The summed E-state index contributed by atoms with van der Waals surface area (Å²) in [6.07, 6.45) is -1.14. The summed E-state index contributed by atoms with van der Waals surface area (Å²) in [6, 6.07) is 15.5. The predicted molar refractivity (Wildman–Crippen MR) is 99.3 cm³/mol. The summed E-state index contributed by atoms with van der Waals surface area (Å²) in [5, 5.41) is 4.53. The van der Waals surface area contributed by atoms with Gasteiger partial charge in [0, 0.05) is 6.54 Å². The molecule has 1 atom stereocenters. The van der Waals surface area contributed by atoms with Crippen molar-refractivity contribution in [1.82, 2.24) is 10.6 Å². The predicted octanol–water partition coefficient (Wildman–Crippen LogP) is 2.66. The van der Waals surface area contributed by atoms with Gasteiger partial charge in [-0.15, -0.1) is 0 Å². The van der Waals surface area contributed by atoms with Crippen molar-refractivity contribution in [2.24, 2.45) is 0 Å². The summed E-state index contributed by atoms with van der Waals surface area (Å²) in [6.45, 7) is 3.78. The van der Waals surface area contributed by atoms with Crippen molar-refractivity contribution in [3.63, 3.8) is 0 Å². The first-order chi connectivity index (χ1) is 13.0. The number of hydrogen-bond donors (Lipinski definition) is 2. The van der Waals surface area contributed by atoms with Gasteiger partial charge in [0.1, 0.15) is 17.9 Å². The average Bonchev–Trinajstić information content (AvgIpc) is 2.67. The lowest BCUT2D eigenvalue weighted by molar-refractivity contribution is -0.127. The molecule has 0 bridgehead atoms. The third kappa shape index (κ3) is 6.14. The first kappa shape index (κ1) is 20.0. The van der Waals surface area contributed by atoms with Gasteiger partial charge in [0.05, 0.1) is 0 Å². The van der Waals surface area contributed by atoms with E-state index in [4.69, 9.17) is 9.47 Å². The molecule has 0 radical (unpaired) electrons. The van der Waals surface area contributed by atoms with E-state index in [0.717, 1.165) is 5.56 Å². The fraction of sp³-hybridized carbons (Fsp3) is 0.250. The van der Waals surface area contributed by atoms with E-state index in [2.05, 4.69) is 10.6 Å². The number of rotatable bonds is 7. The van der Waals surface area contributed by atoms with E-state index >= 15 is 0 Å². The molecule has 7 heteroatoms. The topological polar surface area (TPSA) is 93.7 Å². The normalized spacial score (nSPS) is 11.2. The van der Waals surface area contributed by atoms with Gasteiger partial charge in [0.2, 0.25) is 0 Å². The molecule has 0 aliphatic carbocycles. The molecule has 2 aromatic carbocycles. The van der Waals surface area contributed by atoms with Gasteiger partial charge in [0.25, 0.3) is 5.91 Å². The number of esters is 1. The van der Waals surface area contributed by atoms with Crippen molar-refractivity contribution < 1.29 is 23.9 Å². The van der Waals surface area contributed by atoms with E-state index in [9.17, 15) is 14.4 Å². The molecule has 0 heterocycles. The lowest BCUT2D eigenvalue weighted by atomic mass is 10.2. The van der Waals surface area contributed by atoms with Crippen molar-refractivity contribution >= 4 is 17.9 Å². The van der Waals surface area contributed by atoms with E-state index in [0.29, 0.717) is 18.9 Å². The fourth-order valence-corrected chi connectivity index (χ4v) is 2.19. The minimum absolute atomic E-state index is 0.200. The Kier molecular flexibility index (Phi) is 7.37. The second kappa shape index (κ2) is 9.96. The molecular weight excluding hydrogens is 348 g/mol. The maximum atomic E-state index is 12.4. The number of ether oxygens (including phenoxy) is 2. The largest absolute Gasteiger partial charge is 0.488 e. The molecule has 1 unspecified atom stereocenters. The smallest absolute Gasteiger partial charge is 0.342 e. The van der Waals surface area contributed by atoms with Gasteiger partial charge in [-0.1, -0.05) is 42.5 Å². The van der Waals surface area contributed by atoms with Gasteiger partial charge >= 0.3 is 12.0 Å². The first-order valence-electron chi connectivity index (χ1n) is 8.56. The van der Waals surface area contributed by atoms with Gasteiger partial charge in [-0.25, -0.2) is 9.59 Å². The lowest BCUT2D eigenvalue weighted by Crippen LogP contribution is -2.44. The zero-order chi connectivity index (χ0) is 19.6. The Hall–Kier alpha value is -3.35. The summed E-state index contributed by atoms with van der Waals surface area (Å²) in [5.74, 6) is -1.07. The molecular formula is C20H22N2O5. The van der Waals surface area contributed by atoms with Crippen LogP contribution in [0.15, 0.2) is 54.6 Å². The zero-order valence-electron chi connectivity index (χ0n) is 15.2. The molecule has 2 N–H and O–H groups in total. The highest BCUT2D eigenvalue weighted by Gasteiger charge is 2.22. The van der Waals surface area contributed by atoms with Crippen LogP contribution in [0.4, 0.5) is 4.79 Å². The molecule has 142 valence electrons. The number of imide groups is 1. The van der Waals surface area contributed by atoms with Crippen LogP contribution in [-0.4, -0.2) is 30.6 Å². The van der Waals surface area contributed by atoms with Crippen LogP contribution in [0.2, 0.25) is 0 Å². The summed E-state index contributed by atoms with van der Waals surface area (Å²) < 4.78 is 10.9. The number of carbonyl (C=O) groups is 3. The van der Waals surface area contributed by atoms with E-state index in [1.807, 2.05) is 30.3 Å². The van der Waals surface area contributed by atoms with Crippen LogP contribution in [0, 0.1) is 0 Å². The van der Waals surface area contributed by atoms with Gasteiger partial charge < -0.3 is 14.8 Å². The Morgan fingerprint density at radius 3 is 2.37 bits per heavy atom. The SMILES string of the molecule is CCNC(=O)NC(=O)C(C)OC(=O)c1ccccc1OCc1ccccc1. The van der Waals surface area contributed by atoms with Crippen molar-refractivity contribution in [2.45, 2.75) is 26.6 Å². The molecule has 0 saturated carbocycles. The maximum Gasteiger partial charge on any atom is 0.342 e. The van der Waals surface area contributed by atoms with Gasteiger partial charge in [0.15, 0.2) is 6.10 Å². The third-order valence-electron chi connectivity index (χ3n) is 3.57. The van der Waals surface area contributed by atoms with E-state index in [1.54, 1.807) is 31.2 Å². The zero-order valence-corrected chi connectivity index (χ0v) is 15.2. The Bertz CT molecular complexity index is 792. The van der Waals surface area contributed by atoms with Crippen LogP contribution < -0.4 is 15.4 Å². The molecule has 0 saturated heterocycles. The molecule has 0 aromatic heterocycles. The second-order valence-corrected chi connectivity index (χ2v) is 5.67. The number of urea groups is 1. The summed E-state index contributed by atoms with van der Waals surface area (Å²) >= 11 is 0. The van der Waals surface area contributed by atoms with Crippen LogP contribution in [0.25, 0.3) is 0 Å². The Morgan fingerprint density at radius 1 is 1.00 bits per heavy atom. The number of amides is 3. The van der Waals surface area contributed by atoms with Crippen molar-refractivity contribution in [3.8, 4) is 5.75 Å². The number of hydrogen-bond acceptors (Lipinski definition) is 5. The van der Waals surface area contributed by atoms with E-state index < -0.39 is 24.0 Å². The number of para-hydroxylation sites is 1. The van der Waals surface area contributed by atoms with Gasteiger partial charge in [-0.05, 0) is 31.5 Å². The Balaban J connectivity index is 1.99. The summed E-state index contributed by atoms with van der Waals surface area (Å²) in [7, 11) is 0. The second-order valence-electron chi connectivity index (χ2n) is 5.67. The average molecular weight is 370 g/mol. The minimum atomic E-state index is -1.14. The van der Waals surface area contributed by atoms with Crippen LogP contribution in [0.1, 0.15) is 29.8 Å². The molecule has 7 nitrogen and oxygen atoms in total. The maximum absolute atomic E-state index is 12.4. The van der Waals surface area contributed by atoms with Crippen molar-refractivity contribution in [3.05, 3.63) is 65.7 Å². The molecule has 27 heavy (non-hydrogen) atoms. The molecule has 0 aliphatic rings. The Morgan fingerprint density at radius 2 is 1.67 bits per heavy atom. The highest BCUT2D eigenvalue weighted by molar-refractivity contribution is 5.99. The van der Waals surface area contributed by atoms with Gasteiger partial charge in [-0.2, -0.15) is 0 Å². The van der Waals surface area contributed by atoms with E-state index in [-0.39, 0.29) is 5.56 Å². The van der Waals surface area contributed by atoms with Gasteiger partial charge in [-0.3, -0.25) is 10.1 Å². The summed E-state index contributed by atoms with van der Waals surface area (Å²) in [5.41, 5.74) is 1.15. The highest BCUT2D eigenvalue weighted by Crippen LogP contribution is 2.21. The number of carbonyl (C=O) groups excluding carboxylic acids is 3. The Labute approximate surface area is 157 Å². The monoisotopic (exact) mass is 370 g/mol. The van der Waals surface area contributed by atoms with Crippen molar-refractivity contribution in [1.29, 1.82) is 0 Å². The van der Waals surface area contributed by atoms with Crippen LogP contribution in [0.3, 0.4) is 0 Å². The highest BCUT2D eigenvalue weighted by atomic mass is 16.5. The molecule has 0 fully saturated rings. The quantitative estimate of drug-likeness (QED) is 0.731. The number of benzene rings is 2. The third-order valence-corrected chi connectivity index (χ3v) is 3.57. The van der Waals surface area contributed by atoms with Crippen LogP contribution in [-0.2, 0) is 16.1 Å². The molecule has 2 aromatic rings. The molecule has 2 rings (SSSR count). The van der Waals surface area contributed by atoms with Crippen LogP contribution in [0.5, 0.6) is 5.75 Å². The standard InChI is InChI=1S/C20H22N2O5/c1-3-21-20(25)22-18(23)14(2)27-19(24)16-11-7-8-12-17(16)26-13-15-9-5-4-6-10-15/h4-12,14H,3,13H2,1-2H3,(H2,21,22,23,25). The first-order valence-corrected chi connectivity index (χ1v) is 8.56. The van der Waals surface area contributed by atoms with E-state index in [1.165, 1.54) is 6.92 Å². The minimum Gasteiger partial charge on any atom is -0.488 e. The number of nitrogens with one attached hydrogen (secondary N) is 2.